The van der Waals surface area contributed by atoms with Crippen LogP contribution in [0.25, 0.3) is 10.8 Å². The lowest BCUT2D eigenvalue weighted by molar-refractivity contribution is -0.122. The number of amides is 2. The Morgan fingerprint density at radius 3 is 2.55 bits per heavy atom. The van der Waals surface area contributed by atoms with Crippen molar-refractivity contribution < 1.29 is 14.3 Å². The van der Waals surface area contributed by atoms with Gasteiger partial charge in [-0.1, -0.05) is 61.5 Å². The minimum absolute atomic E-state index is 0.274. The molecule has 0 heterocycles. The van der Waals surface area contributed by atoms with E-state index in [1.165, 1.54) is 0 Å². The summed E-state index contributed by atoms with van der Waals surface area (Å²) in [5, 5.41) is 7.56. The summed E-state index contributed by atoms with van der Waals surface area (Å²) in [6.45, 7) is 5.83. The molecular formula is C24H24N2O3. The van der Waals surface area contributed by atoms with Crippen molar-refractivity contribution in [3.05, 3.63) is 84.9 Å². The first-order valence-electron chi connectivity index (χ1n) is 9.57. The fraction of sp³-hybridized carbons (Fsp3) is 0.167. The van der Waals surface area contributed by atoms with Crippen LogP contribution in [0.2, 0.25) is 0 Å². The van der Waals surface area contributed by atoms with Crippen LogP contribution in [0.4, 0.5) is 5.69 Å². The van der Waals surface area contributed by atoms with Crippen LogP contribution < -0.4 is 15.4 Å². The molecule has 0 aliphatic rings. The number of anilines is 1. The summed E-state index contributed by atoms with van der Waals surface area (Å²) in [5.41, 5.74) is 0.835. The highest BCUT2D eigenvalue weighted by Crippen LogP contribution is 2.27. The van der Waals surface area contributed by atoms with Crippen molar-refractivity contribution in [2.45, 2.75) is 19.4 Å². The first-order valence-corrected chi connectivity index (χ1v) is 9.57. The normalized spacial score (nSPS) is 11.5. The third-order valence-corrected chi connectivity index (χ3v) is 4.52. The van der Waals surface area contributed by atoms with Gasteiger partial charge in [-0.3, -0.25) is 9.59 Å². The van der Waals surface area contributed by atoms with E-state index in [1.54, 1.807) is 30.3 Å². The maximum absolute atomic E-state index is 12.9. The molecule has 0 aliphatic carbocycles. The van der Waals surface area contributed by atoms with E-state index >= 15 is 0 Å². The van der Waals surface area contributed by atoms with E-state index in [9.17, 15) is 9.59 Å². The van der Waals surface area contributed by atoms with Crippen molar-refractivity contribution in [1.29, 1.82) is 0 Å². The minimum atomic E-state index is -0.690. The van der Waals surface area contributed by atoms with E-state index in [-0.39, 0.29) is 11.8 Å². The number of hydrogen-bond acceptors (Lipinski definition) is 3. The van der Waals surface area contributed by atoms with Gasteiger partial charge in [0.2, 0.25) is 0 Å². The number of carbonyl (C=O) groups is 2. The molecule has 29 heavy (non-hydrogen) atoms. The third-order valence-electron chi connectivity index (χ3n) is 4.52. The van der Waals surface area contributed by atoms with Gasteiger partial charge in [0.1, 0.15) is 5.75 Å². The topological polar surface area (TPSA) is 67.4 Å². The van der Waals surface area contributed by atoms with Gasteiger partial charge in [-0.25, -0.2) is 0 Å². The van der Waals surface area contributed by atoms with Crippen LogP contribution >= 0.6 is 0 Å². The molecule has 3 rings (SSSR count). The molecule has 0 radical (unpaired) electrons. The molecule has 3 aromatic rings. The van der Waals surface area contributed by atoms with Gasteiger partial charge < -0.3 is 15.4 Å². The number of fused-ring (bicyclic) bond motifs is 1. The maximum atomic E-state index is 12.9. The Morgan fingerprint density at radius 1 is 1.03 bits per heavy atom. The Labute approximate surface area is 170 Å². The highest BCUT2D eigenvalue weighted by molar-refractivity contribution is 6.04. The Bertz CT molecular complexity index is 1020. The van der Waals surface area contributed by atoms with Crippen molar-refractivity contribution in [1.82, 2.24) is 5.32 Å². The number of nitrogens with one attached hydrogen (secondary N) is 2. The lowest BCUT2D eigenvalue weighted by Gasteiger charge is -2.19. The number of benzene rings is 3. The lowest BCUT2D eigenvalue weighted by Crippen LogP contribution is -2.33. The van der Waals surface area contributed by atoms with Gasteiger partial charge in [0.25, 0.3) is 11.8 Å². The van der Waals surface area contributed by atoms with Crippen molar-refractivity contribution >= 4 is 28.3 Å². The quantitative estimate of drug-likeness (QED) is 0.556. The first kappa shape index (κ1) is 20.1. The number of ether oxygens (including phenoxy) is 1. The first-order chi connectivity index (χ1) is 14.1. The smallest absolute Gasteiger partial charge is 0.265 e. The second-order valence-corrected chi connectivity index (χ2v) is 6.53. The predicted octanol–water partition coefficient (Wildman–Crippen LogP) is 4.55. The number of para-hydroxylation sites is 1. The van der Waals surface area contributed by atoms with Crippen molar-refractivity contribution in [2.75, 3.05) is 11.9 Å². The van der Waals surface area contributed by atoms with Gasteiger partial charge in [-0.15, -0.1) is 6.58 Å². The van der Waals surface area contributed by atoms with Crippen LogP contribution in [0.1, 0.15) is 23.7 Å². The molecule has 0 spiro atoms. The summed E-state index contributed by atoms with van der Waals surface area (Å²) in [5.74, 6) is 0.0790. The van der Waals surface area contributed by atoms with Crippen LogP contribution in [0, 0.1) is 0 Å². The molecule has 0 unspecified atom stereocenters. The molecule has 2 amide bonds. The van der Waals surface area contributed by atoms with E-state index in [4.69, 9.17) is 4.74 Å². The monoisotopic (exact) mass is 388 g/mol. The highest BCUT2D eigenvalue weighted by Gasteiger charge is 2.21. The average Bonchev–Trinajstić information content (AvgIpc) is 2.76. The zero-order valence-corrected chi connectivity index (χ0v) is 16.4. The van der Waals surface area contributed by atoms with Gasteiger partial charge in [-0.2, -0.15) is 0 Å². The molecule has 1 atom stereocenters. The summed E-state index contributed by atoms with van der Waals surface area (Å²) in [7, 11) is 0. The van der Waals surface area contributed by atoms with Gasteiger partial charge in [0.05, 0.1) is 11.3 Å². The molecule has 0 saturated heterocycles. The molecule has 0 saturated carbocycles. The Balaban J connectivity index is 1.79. The Kier molecular flexibility index (Phi) is 6.63. The van der Waals surface area contributed by atoms with Gasteiger partial charge in [0.15, 0.2) is 6.10 Å². The standard InChI is InChI=1S/C24H24N2O3/c1-3-16-25-23(27)19-13-7-8-14-20(19)26-24(28)21(4-2)29-22-15-9-11-17-10-5-6-12-18(17)22/h3,5-15,21H,1,4,16H2,2H3,(H,25,27)(H,26,28)/t21-/m0/s1. The maximum Gasteiger partial charge on any atom is 0.265 e. The Hall–Kier alpha value is -3.60. The summed E-state index contributed by atoms with van der Waals surface area (Å²) in [4.78, 5) is 25.2. The fourth-order valence-corrected chi connectivity index (χ4v) is 3.04. The van der Waals surface area contributed by atoms with E-state index in [0.717, 1.165) is 10.8 Å². The lowest BCUT2D eigenvalue weighted by atomic mass is 10.1. The van der Waals surface area contributed by atoms with Gasteiger partial charge >= 0.3 is 0 Å². The summed E-state index contributed by atoms with van der Waals surface area (Å²) >= 11 is 0. The van der Waals surface area contributed by atoms with Crippen molar-refractivity contribution in [3.63, 3.8) is 0 Å². The predicted molar refractivity (Wildman–Crippen MR) is 116 cm³/mol. The molecule has 0 bridgehead atoms. The molecule has 5 nitrogen and oxygen atoms in total. The number of rotatable bonds is 8. The molecule has 0 aromatic heterocycles. The number of hydrogen-bond donors (Lipinski definition) is 2. The van der Waals surface area contributed by atoms with E-state index in [0.29, 0.717) is 30.0 Å². The fourth-order valence-electron chi connectivity index (χ4n) is 3.04. The van der Waals surface area contributed by atoms with Crippen LogP contribution in [-0.4, -0.2) is 24.5 Å². The van der Waals surface area contributed by atoms with E-state index in [2.05, 4.69) is 17.2 Å². The van der Waals surface area contributed by atoms with Crippen LogP contribution in [0.5, 0.6) is 5.75 Å². The summed E-state index contributed by atoms with van der Waals surface area (Å²) in [6.07, 6.45) is 1.40. The average molecular weight is 388 g/mol. The van der Waals surface area contributed by atoms with Crippen molar-refractivity contribution in [3.8, 4) is 5.75 Å². The molecule has 0 aliphatic heterocycles. The second kappa shape index (κ2) is 9.55. The van der Waals surface area contributed by atoms with E-state index in [1.807, 2.05) is 49.4 Å². The summed E-state index contributed by atoms with van der Waals surface area (Å²) in [6, 6.07) is 20.5. The van der Waals surface area contributed by atoms with Gasteiger partial charge in [0, 0.05) is 11.9 Å². The zero-order valence-electron chi connectivity index (χ0n) is 16.4. The molecule has 3 aromatic carbocycles. The molecule has 5 heteroatoms. The number of carbonyl (C=O) groups excluding carboxylic acids is 2. The molecule has 148 valence electrons. The largest absolute Gasteiger partial charge is 0.480 e. The Morgan fingerprint density at radius 2 is 1.76 bits per heavy atom. The highest BCUT2D eigenvalue weighted by atomic mass is 16.5. The SMILES string of the molecule is C=CCNC(=O)c1ccccc1NC(=O)[C@H](CC)Oc1cccc2ccccc12. The zero-order chi connectivity index (χ0) is 20.6. The molecule has 2 N–H and O–H groups in total. The van der Waals surface area contributed by atoms with Crippen LogP contribution in [0.3, 0.4) is 0 Å². The van der Waals surface area contributed by atoms with Crippen molar-refractivity contribution in [2.24, 2.45) is 0 Å². The van der Waals surface area contributed by atoms with Crippen LogP contribution in [0.15, 0.2) is 79.4 Å². The summed E-state index contributed by atoms with van der Waals surface area (Å²) < 4.78 is 6.05. The minimum Gasteiger partial charge on any atom is -0.480 e. The second-order valence-electron chi connectivity index (χ2n) is 6.53. The van der Waals surface area contributed by atoms with Crippen LogP contribution in [-0.2, 0) is 4.79 Å². The van der Waals surface area contributed by atoms with E-state index < -0.39 is 6.10 Å². The molecular weight excluding hydrogens is 364 g/mol. The molecule has 0 fully saturated rings. The van der Waals surface area contributed by atoms with Gasteiger partial charge in [-0.05, 0) is 30.0 Å². The third kappa shape index (κ3) is 4.82.